The summed E-state index contributed by atoms with van der Waals surface area (Å²) in [6, 6.07) is 12.5. The molecule has 6 heteroatoms. The zero-order valence-electron chi connectivity index (χ0n) is 13.7. The number of rotatable bonds is 5. The van der Waals surface area contributed by atoms with Crippen LogP contribution in [0.15, 0.2) is 41.8 Å². The smallest absolute Gasteiger partial charge is 0.171 e. The van der Waals surface area contributed by atoms with Gasteiger partial charge in [0.25, 0.3) is 0 Å². The third kappa shape index (κ3) is 4.28. The van der Waals surface area contributed by atoms with E-state index >= 15 is 0 Å². The lowest BCUT2D eigenvalue weighted by Gasteiger charge is -2.33. The van der Waals surface area contributed by atoms with E-state index < -0.39 is 0 Å². The van der Waals surface area contributed by atoms with Gasteiger partial charge in [0.1, 0.15) is 0 Å². The number of nitrogens with one attached hydrogen (secondary N) is 2. The molecule has 24 heavy (non-hydrogen) atoms. The van der Waals surface area contributed by atoms with E-state index in [1.54, 1.807) is 0 Å². The standard InChI is InChI=1S/C18H22ClN3S2/c1-13(20-18(23)21-15-8-3-2-7-14(15)19)17(16-9-6-12-24-16)22-10-4-5-11-22/h2-3,6-9,12-13,17H,4-5,10-11H2,1H3,(H2,20,21,23)/t13-,17-/m1/s1. The molecular formula is C18H22ClN3S2. The summed E-state index contributed by atoms with van der Waals surface area (Å²) in [5.74, 6) is 0. The molecule has 3 nitrogen and oxygen atoms in total. The molecule has 2 atom stereocenters. The van der Waals surface area contributed by atoms with Gasteiger partial charge in [0, 0.05) is 10.9 Å². The number of nitrogens with zero attached hydrogens (tertiary/aromatic N) is 1. The lowest BCUT2D eigenvalue weighted by molar-refractivity contribution is 0.214. The molecule has 1 aromatic carbocycles. The van der Waals surface area contributed by atoms with Crippen molar-refractivity contribution in [1.82, 2.24) is 10.2 Å². The van der Waals surface area contributed by atoms with Crippen LogP contribution in [0.25, 0.3) is 0 Å². The summed E-state index contributed by atoms with van der Waals surface area (Å²) >= 11 is 13.5. The average molecular weight is 380 g/mol. The van der Waals surface area contributed by atoms with Gasteiger partial charge in [0.15, 0.2) is 5.11 Å². The predicted octanol–water partition coefficient (Wildman–Crippen LogP) is 4.91. The largest absolute Gasteiger partial charge is 0.358 e. The topological polar surface area (TPSA) is 27.3 Å². The summed E-state index contributed by atoms with van der Waals surface area (Å²) in [6.45, 7) is 4.50. The van der Waals surface area contributed by atoms with E-state index in [0.717, 1.165) is 18.8 Å². The first-order valence-corrected chi connectivity index (χ1v) is 9.91. The quantitative estimate of drug-likeness (QED) is 0.721. The Hall–Kier alpha value is -1.14. The Kier molecular flexibility index (Phi) is 6.11. The molecule has 128 valence electrons. The molecule has 2 heterocycles. The van der Waals surface area contributed by atoms with Gasteiger partial charge in [-0.25, -0.2) is 0 Å². The van der Waals surface area contributed by atoms with Crippen molar-refractivity contribution >= 4 is 46.0 Å². The van der Waals surface area contributed by atoms with E-state index in [1.807, 2.05) is 35.6 Å². The van der Waals surface area contributed by atoms with Crippen LogP contribution in [0.2, 0.25) is 5.02 Å². The van der Waals surface area contributed by atoms with Gasteiger partial charge >= 0.3 is 0 Å². The van der Waals surface area contributed by atoms with Crippen molar-refractivity contribution in [2.45, 2.75) is 31.8 Å². The number of thiophene rings is 1. The average Bonchev–Trinajstić information content (AvgIpc) is 3.24. The van der Waals surface area contributed by atoms with Crippen molar-refractivity contribution in [2.75, 3.05) is 18.4 Å². The first kappa shape index (κ1) is 17.7. The normalized spacial score (nSPS) is 17.4. The van der Waals surface area contributed by atoms with Gasteiger partial charge in [-0.15, -0.1) is 11.3 Å². The predicted molar refractivity (Wildman–Crippen MR) is 108 cm³/mol. The zero-order chi connectivity index (χ0) is 16.9. The zero-order valence-corrected chi connectivity index (χ0v) is 16.1. The maximum atomic E-state index is 6.20. The van der Waals surface area contributed by atoms with Gasteiger partial charge in [0.2, 0.25) is 0 Å². The van der Waals surface area contributed by atoms with Gasteiger partial charge in [-0.3, -0.25) is 4.90 Å². The summed E-state index contributed by atoms with van der Waals surface area (Å²) in [5, 5.41) is 10.1. The number of hydrogen-bond donors (Lipinski definition) is 2. The summed E-state index contributed by atoms with van der Waals surface area (Å²) in [4.78, 5) is 3.94. The molecule has 0 radical (unpaired) electrons. The highest BCUT2D eigenvalue weighted by molar-refractivity contribution is 7.80. The van der Waals surface area contributed by atoms with Crippen LogP contribution in [0.4, 0.5) is 5.69 Å². The van der Waals surface area contributed by atoms with E-state index in [4.69, 9.17) is 23.8 Å². The Morgan fingerprint density at radius 3 is 2.62 bits per heavy atom. The van der Waals surface area contributed by atoms with Gasteiger partial charge in [-0.1, -0.05) is 29.8 Å². The molecule has 3 rings (SSSR count). The Labute approximate surface area is 158 Å². The van der Waals surface area contributed by atoms with Crippen LogP contribution in [-0.2, 0) is 0 Å². The van der Waals surface area contributed by atoms with Crippen LogP contribution in [0.3, 0.4) is 0 Å². The Morgan fingerprint density at radius 2 is 1.96 bits per heavy atom. The van der Waals surface area contributed by atoms with E-state index in [0.29, 0.717) is 16.2 Å². The Morgan fingerprint density at radius 1 is 1.21 bits per heavy atom. The van der Waals surface area contributed by atoms with Gasteiger partial charge in [-0.05, 0) is 68.7 Å². The van der Waals surface area contributed by atoms with Crippen molar-refractivity contribution < 1.29 is 0 Å². The van der Waals surface area contributed by atoms with E-state index in [-0.39, 0.29) is 6.04 Å². The molecule has 0 saturated carbocycles. The molecule has 1 saturated heterocycles. The van der Waals surface area contributed by atoms with Crippen LogP contribution >= 0.6 is 35.2 Å². The first-order chi connectivity index (χ1) is 11.6. The summed E-state index contributed by atoms with van der Waals surface area (Å²) in [5.41, 5.74) is 0.831. The molecule has 0 amide bonds. The van der Waals surface area contributed by atoms with Gasteiger partial charge in [-0.2, -0.15) is 0 Å². The number of thiocarbonyl (C=S) groups is 1. The number of para-hydroxylation sites is 1. The fourth-order valence-corrected chi connectivity index (χ4v) is 4.67. The minimum absolute atomic E-state index is 0.212. The second-order valence-electron chi connectivity index (χ2n) is 6.07. The highest BCUT2D eigenvalue weighted by Gasteiger charge is 2.29. The van der Waals surface area contributed by atoms with Crippen molar-refractivity contribution in [3.63, 3.8) is 0 Å². The highest BCUT2D eigenvalue weighted by Crippen LogP contribution is 2.31. The van der Waals surface area contributed by atoms with Crippen LogP contribution in [0.1, 0.15) is 30.7 Å². The first-order valence-electron chi connectivity index (χ1n) is 8.24. The molecule has 2 N–H and O–H groups in total. The number of benzene rings is 1. The van der Waals surface area contributed by atoms with Crippen molar-refractivity contribution in [1.29, 1.82) is 0 Å². The second kappa shape index (κ2) is 8.30. The van der Waals surface area contributed by atoms with Crippen LogP contribution in [-0.4, -0.2) is 29.1 Å². The summed E-state index contributed by atoms with van der Waals surface area (Å²) in [6.07, 6.45) is 2.55. The lowest BCUT2D eigenvalue weighted by Crippen LogP contribution is -2.45. The van der Waals surface area contributed by atoms with Crippen molar-refractivity contribution in [3.8, 4) is 0 Å². The number of likely N-dealkylation sites (tertiary alicyclic amines) is 1. The maximum Gasteiger partial charge on any atom is 0.171 e. The molecule has 0 bridgehead atoms. The number of halogens is 1. The Bertz CT molecular complexity index is 669. The molecule has 0 spiro atoms. The fraction of sp³-hybridized carbons (Fsp3) is 0.389. The van der Waals surface area contributed by atoms with Crippen LogP contribution < -0.4 is 10.6 Å². The second-order valence-corrected chi connectivity index (χ2v) is 7.87. The fourth-order valence-electron chi connectivity index (χ4n) is 3.23. The SMILES string of the molecule is C[C@@H](NC(=S)Nc1ccccc1Cl)[C@H](c1cccs1)N1CCCC1. The highest BCUT2D eigenvalue weighted by atomic mass is 35.5. The molecule has 2 aromatic rings. The maximum absolute atomic E-state index is 6.20. The molecule has 0 unspecified atom stereocenters. The van der Waals surface area contributed by atoms with Crippen LogP contribution in [0, 0.1) is 0 Å². The molecule has 1 aromatic heterocycles. The number of anilines is 1. The van der Waals surface area contributed by atoms with Gasteiger partial charge in [0.05, 0.1) is 16.8 Å². The lowest BCUT2D eigenvalue weighted by atomic mass is 10.1. The molecule has 0 aliphatic carbocycles. The minimum atomic E-state index is 0.212. The van der Waals surface area contributed by atoms with Crippen LogP contribution in [0.5, 0.6) is 0 Å². The van der Waals surface area contributed by atoms with E-state index in [1.165, 1.54) is 17.7 Å². The van der Waals surface area contributed by atoms with Gasteiger partial charge < -0.3 is 10.6 Å². The molecule has 1 aliphatic rings. The van der Waals surface area contributed by atoms with E-state index in [9.17, 15) is 0 Å². The minimum Gasteiger partial charge on any atom is -0.358 e. The third-order valence-corrected chi connectivity index (χ3v) is 5.82. The molecule has 1 fully saturated rings. The summed E-state index contributed by atoms with van der Waals surface area (Å²) < 4.78 is 0. The number of hydrogen-bond acceptors (Lipinski definition) is 3. The molecular weight excluding hydrogens is 358 g/mol. The van der Waals surface area contributed by atoms with E-state index in [2.05, 4.69) is 40.0 Å². The third-order valence-electron chi connectivity index (χ3n) is 4.32. The molecule has 1 aliphatic heterocycles. The Balaban J connectivity index is 1.68. The van der Waals surface area contributed by atoms with Crippen molar-refractivity contribution in [2.24, 2.45) is 0 Å². The van der Waals surface area contributed by atoms with Crippen molar-refractivity contribution in [3.05, 3.63) is 51.7 Å². The summed E-state index contributed by atoms with van der Waals surface area (Å²) in [7, 11) is 0. The monoisotopic (exact) mass is 379 g/mol.